The molecule has 1 aromatic carbocycles. The number of nitro groups is 1. The van der Waals surface area contributed by atoms with E-state index >= 15 is 0 Å². The maximum Gasteiger partial charge on any atom is 0.272 e. The molecule has 1 N–H and O–H groups in total. The van der Waals surface area contributed by atoms with Gasteiger partial charge in [0.1, 0.15) is 0 Å². The van der Waals surface area contributed by atoms with Crippen molar-refractivity contribution in [1.82, 2.24) is 4.72 Å². The van der Waals surface area contributed by atoms with Gasteiger partial charge in [0.15, 0.2) is 0 Å². The van der Waals surface area contributed by atoms with Gasteiger partial charge >= 0.3 is 0 Å². The molecular formula is C11H16N2O4S. The lowest BCUT2D eigenvalue weighted by Crippen LogP contribution is -2.30. The van der Waals surface area contributed by atoms with Gasteiger partial charge in [-0.05, 0) is 26.3 Å². The molecule has 0 aliphatic carbocycles. The van der Waals surface area contributed by atoms with Crippen LogP contribution in [0.5, 0.6) is 0 Å². The van der Waals surface area contributed by atoms with E-state index in [1.807, 2.05) is 0 Å². The van der Waals surface area contributed by atoms with Gasteiger partial charge in [0.05, 0.1) is 10.2 Å². The fraction of sp³-hybridized carbons (Fsp3) is 0.455. The maximum atomic E-state index is 11.6. The number of rotatable bonds is 5. The number of hydrogen-bond acceptors (Lipinski definition) is 4. The van der Waals surface area contributed by atoms with Gasteiger partial charge in [-0.2, -0.15) is 0 Å². The predicted molar refractivity (Wildman–Crippen MR) is 68.7 cm³/mol. The third-order valence-corrected chi connectivity index (χ3v) is 4.49. The standard InChI is InChI=1S/C11H16N2O4S/c1-8(2)18(16,17)12-7-10-5-4-6-11(9(10)3)13(14)15/h4-6,8,12H,7H2,1-3H3. The first-order valence-electron chi connectivity index (χ1n) is 5.47. The minimum atomic E-state index is -3.37. The molecule has 0 saturated carbocycles. The average Bonchev–Trinajstić information content (AvgIpc) is 2.27. The Morgan fingerprint density at radius 1 is 1.39 bits per heavy atom. The molecule has 0 atom stereocenters. The molecule has 1 rings (SSSR count). The monoisotopic (exact) mass is 272 g/mol. The first kappa shape index (κ1) is 14.6. The van der Waals surface area contributed by atoms with Gasteiger partial charge in [0, 0.05) is 18.2 Å². The Bertz CT molecular complexity index is 552. The smallest absolute Gasteiger partial charge is 0.258 e. The summed E-state index contributed by atoms with van der Waals surface area (Å²) in [4.78, 5) is 10.3. The third kappa shape index (κ3) is 3.27. The van der Waals surface area contributed by atoms with Crippen LogP contribution in [0.2, 0.25) is 0 Å². The molecule has 0 amide bonds. The largest absolute Gasteiger partial charge is 0.272 e. The van der Waals surface area contributed by atoms with Crippen LogP contribution < -0.4 is 4.72 Å². The van der Waals surface area contributed by atoms with Crippen molar-refractivity contribution in [2.24, 2.45) is 0 Å². The van der Waals surface area contributed by atoms with Crippen LogP contribution in [-0.4, -0.2) is 18.6 Å². The maximum absolute atomic E-state index is 11.6. The van der Waals surface area contributed by atoms with Crippen LogP contribution in [0.25, 0.3) is 0 Å². The molecule has 0 aliphatic heterocycles. The van der Waals surface area contributed by atoms with Crippen molar-refractivity contribution >= 4 is 15.7 Å². The van der Waals surface area contributed by atoms with Crippen LogP contribution in [0.15, 0.2) is 18.2 Å². The Balaban J connectivity index is 2.94. The molecule has 6 nitrogen and oxygen atoms in total. The first-order chi connectivity index (χ1) is 8.25. The highest BCUT2D eigenvalue weighted by atomic mass is 32.2. The van der Waals surface area contributed by atoms with Crippen molar-refractivity contribution in [3.05, 3.63) is 39.4 Å². The fourth-order valence-electron chi connectivity index (χ4n) is 1.40. The minimum Gasteiger partial charge on any atom is -0.258 e. The van der Waals surface area contributed by atoms with E-state index in [1.54, 1.807) is 32.9 Å². The highest BCUT2D eigenvalue weighted by Gasteiger charge is 2.17. The Hall–Kier alpha value is -1.47. The Morgan fingerprint density at radius 2 is 2.00 bits per heavy atom. The zero-order chi connectivity index (χ0) is 13.9. The molecule has 0 spiro atoms. The summed E-state index contributed by atoms with van der Waals surface area (Å²) >= 11 is 0. The summed E-state index contributed by atoms with van der Waals surface area (Å²) in [5.74, 6) is 0. The molecular weight excluding hydrogens is 256 g/mol. The highest BCUT2D eigenvalue weighted by Crippen LogP contribution is 2.21. The third-order valence-electron chi connectivity index (χ3n) is 2.70. The number of nitrogens with zero attached hydrogens (tertiary/aromatic N) is 1. The van der Waals surface area contributed by atoms with Gasteiger partial charge < -0.3 is 0 Å². The van der Waals surface area contributed by atoms with Gasteiger partial charge in [-0.3, -0.25) is 10.1 Å². The van der Waals surface area contributed by atoms with Crippen LogP contribution in [0.1, 0.15) is 25.0 Å². The summed E-state index contributed by atoms with van der Waals surface area (Å²) in [6, 6.07) is 4.62. The van der Waals surface area contributed by atoms with Crippen LogP contribution in [0.3, 0.4) is 0 Å². The molecule has 0 heterocycles. The number of benzene rings is 1. The van der Waals surface area contributed by atoms with Gasteiger partial charge in [0.25, 0.3) is 5.69 Å². The van der Waals surface area contributed by atoms with E-state index in [4.69, 9.17) is 0 Å². The van der Waals surface area contributed by atoms with E-state index in [1.165, 1.54) is 6.07 Å². The van der Waals surface area contributed by atoms with Crippen LogP contribution >= 0.6 is 0 Å². The highest BCUT2D eigenvalue weighted by molar-refractivity contribution is 7.90. The second-order valence-corrected chi connectivity index (χ2v) is 6.55. The summed E-state index contributed by atoms with van der Waals surface area (Å²) in [7, 11) is -3.37. The molecule has 0 aliphatic rings. The van der Waals surface area contributed by atoms with E-state index in [9.17, 15) is 18.5 Å². The van der Waals surface area contributed by atoms with E-state index in [0.717, 1.165) is 0 Å². The fourth-order valence-corrected chi connectivity index (χ4v) is 2.09. The quantitative estimate of drug-likeness (QED) is 0.653. The van der Waals surface area contributed by atoms with Crippen molar-refractivity contribution in [1.29, 1.82) is 0 Å². The molecule has 0 unspecified atom stereocenters. The Morgan fingerprint density at radius 3 is 2.50 bits per heavy atom. The summed E-state index contributed by atoms with van der Waals surface area (Å²) in [5.41, 5.74) is 1.08. The predicted octanol–water partition coefficient (Wildman–Crippen LogP) is 1.73. The molecule has 7 heteroatoms. The summed E-state index contributed by atoms with van der Waals surface area (Å²) in [6.45, 7) is 4.82. The van der Waals surface area contributed by atoms with E-state index < -0.39 is 20.2 Å². The Labute approximate surface area is 106 Å². The van der Waals surface area contributed by atoms with Crippen LogP contribution in [-0.2, 0) is 16.6 Å². The van der Waals surface area contributed by atoms with Gasteiger partial charge in [-0.1, -0.05) is 12.1 Å². The van der Waals surface area contributed by atoms with Crippen LogP contribution in [0.4, 0.5) is 5.69 Å². The second-order valence-electron chi connectivity index (χ2n) is 4.23. The Kier molecular flexibility index (Phi) is 4.42. The van der Waals surface area contributed by atoms with Crippen molar-refractivity contribution < 1.29 is 13.3 Å². The number of nitro benzene ring substituents is 1. The zero-order valence-corrected chi connectivity index (χ0v) is 11.3. The van der Waals surface area contributed by atoms with Crippen molar-refractivity contribution in [2.75, 3.05) is 0 Å². The van der Waals surface area contributed by atoms with E-state index in [2.05, 4.69) is 4.72 Å². The molecule has 18 heavy (non-hydrogen) atoms. The minimum absolute atomic E-state index is 0.00348. The van der Waals surface area contributed by atoms with Gasteiger partial charge in [0.2, 0.25) is 10.0 Å². The molecule has 0 bridgehead atoms. The molecule has 0 saturated heterocycles. The topological polar surface area (TPSA) is 89.3 Å². The normalized spacial score (nSPS) is 11.8. The molecule has 0 aromatic heterocycles. The van der Waals surface area contributed by atoms with E-state index in [-0.39, 0.29) is 12.2 Å². The molecule has 1 aromatic rings. The van der Waals surface area contributed by atoms with Crippen molar-refractivity contribution in [2.45, 2.75) is 32.6 Å². The molecule has 0 fully saturated rings. The number of nitrogens with one attached hydrogen (secondary N) is 1. The zero-order valence-electron chi connectivity index (χ0n) is 10.5. The average molecular weight is 272 g/mol. The van der Waals surface area contributed by atoms with Gasteiger partial charge in [-0.15, -0.1) is 0 Å². The van der Waals surface area contributed by atoms with Crippen molar-refractivity contribution in [3.63, 3.8) is 0 Å². The lowest BCUT2D eigenvalue weighted by atomic mass is 10.1. The second kappa shape index (κ2) is 5.45. The lowest BCUT2D eigenvalue weighted by Gasteiger charge is -2.11. The first-order valence-corrected chi connectivity index (χ1v) is 7.01. The molecule has 100 valence electrons. The van der Waals surface area contributed by atoms with Gasteiger partial charge in [-0.25, -0.2) is 13.1 Å². The number of sulfonamides is 1. The van der Waals surface area contributed by atoms with Crippen LogP contribution in [0, 0.1) is 17.0 Å². The summed E-state index contributed by atoms with van der Waals surface area (Å²) in [6.07, 6.45) is 0. The molecule has 0 radical (unpaired) electrons. The van der Waals surface area contributed by atoms with E-state index in [0.29, 0.717) is 11.1 Å². The summed E-state index contributed by atoms with van der Waals surface area (Å²) < 4.78 is 25.6. The van der Waals surface area contributed by atoms with Crippen molar-refractivity contribution in [3.8, 4) is 0 Å². The SMILES string of the molecule is Cc1c(CNS(=O)(=O)C(C)C)cccc1[N+](=O)[O-]. The summed E-state index contributed by atoms with van der Waals surface area (Å²) in [5, 5.41) is 10.2. The lowest BCUT2D eigenvalue weighted by molar-refractivity contribution is -0.385. The number of hydrogen-bond donors (Lipinski definition) is 1.